The molecule has 0 atom stereocenters. The predicted octanol–water partition coefficient (Wildman–Crippen LogP) is 3.92. The number of ether oxygens (including phenoxy) is 1. The Kier molecular flexibility index (Phi) is 7.45. The number of carbonyl (C=O) groups is 1. The van der Waals surface area contributed by atoms with Gasteiger partial charge in [-0.2, -0.15) is 18.4 Å². The molecule has 0 aromatic heterocycles. The number of nitrogens with one attached hydrogen (secondary N) is 1. The van der Waals surface area contributed by atoms with Gasteiger partial charge in [0.25, 0.3) is 0 Å². The maximum absolute atomic E-state index is 13.0. The van der Waals surface area contributed by atoms with Crippen molar-refractivity contribution in [3.63, 3.8) is 0 Å². The third-order valence-corrected chi connectivity index (χ3v) is 5.34. The lowest BCUT2D eigenvalue weighted by Crippen LogP contribution is -2.24. The summed E-state index contributed by atoms with van der Waals surface area (Å²) in [6, 6.07) is 10.3. The van der Waals surface area contributed by atoms with Gasteiger partial charge in [-0.25, -0.2) is 8.42 Å². The van der Waals surface area contributed by atoms with Crippen molar-refractivity contribution < 1.29 is 31.1 Å². The number of nitriles is 1. The van der Waals surface area contributed by atoms with Crippen LogP contribution in [0.4, 0.5) is 18.9 Å². The molecule has 0 fully saturated rings. The molecule has 0 spiro atoms. The molecule has 2 aromatic rings. The first-order valence-electron chi connectivity index (χ1n) is 8.87. The summed E-state index contributed by atoms with van der Waals surface area (Å²) in [5, 5.41) is 11.0. The first kappa shape index (κ1) is 23.2. The first-order valence-corrected chi connectivity index (χ1v) is 10.7. The van der Waals surface area contributed by atoms with Crippen LogP contribution in [0, 0.1) is 11.3 Å². The summed E-state index contributed by atoms with van der Waals surface area (Å²) in [6.07, 6.45) is -4.04. The predicted molar refractivity (Wildman–Crippen MR) is 105 cm³/mol. The molecule has 0 bridgehead atoms. The third-order valence-electron chi connectivity index (χ3n) is 3.86. The Hall–Kier alpha value is -3.06. The number of amides is 1. The first-order chi connectivity index (χ1) is 14.0. The second kappa shape index (κ2) is 9.63. The third kappa shape index (κ3) is 6.77. The van der Waals surface area contributed by atoms with Crippen LogP contribution in [0.1, 0.15) is 30.0 Å². The lowest BCUT2D eigenvalue weighted by atomic mass is 10.1. The lowest BCUT2D eigenvalue weighted by molar-refractivity contribution is -0.137. The summed E-state index contributed by atoms with van der Waals surface area (Å²) in [4.78, 5) is 12.2. The summed E-state index contributed by atoms with van der Waals surface area (Å²) >= 11 is 0. The molecular formula is C20H19F3N2O4S. The van der Waals surface area contributed by atoms with Crippen molar-refractivity contribution >= 4 is 21.4 Å². The minimum absolute atomic E-state index is 0.0164. The highest BCUT2D eigenvalue weighted by Gasteiger charge is 2.31. The molecule has 160 valence electrons. The van der Waals surface area contributed by atoms with Crippen molar-refractivity contribution in [1.29, 1.82) is 5.26 Å². The topological polar surface area (TPSA) is 96.3 Å². The van der Waals surface area contributed by atoms with E-state index in [2.05, 4.69) is 5.32 Å². The van der Waals surface area contributed by atoms with Crippen LogP contribution in [-0.2, 0) is 26.6 Å². The van der Waals surface area contributed by atoms with Crippen LogP contribution in [0.15, 0.2) is 42.5 Å². The Morgan fingerprint density at radius 2 is 1.83 bits per heavy atom. The Balaban J connectivity index is 2.15. The van der Waals surface area contributed by atoms with E-state index in [-0.39, 0.29) is 18.0 Å². The fraction of sp³-hybridized carbons (Fsp3) is 0.300. The number of sulfone groups is 1. The van der Waals surface area contributed by atoms with Crippen LogP contribution in [-0.4, -0.2) is 26.7 Å². The van der Waals surface area contributed by atoms with Crippen LogP contribution in [0.5, 0.6) is 5.75 Å². The molecule has 0 aliphatic carbocycles. The van der Waals surface area contributed by atoms with Crippen LogP contribution in [0.3, 0.4) is 0 Å². The maximum Gasteiger partial charge on any atom is 0.416 e. The average molecular weight is 440 g/mol. The highest BCUT2D eigenvalue weighted by molar-refractivity contribution is 7.91. The number of anilines is 1. The van der Waals surface area contributed by atoms with Gasteiger partial charge in [0.15, 0.2) is 9.84 Å². The minimum Gasteiger partial charge on any atom is -0.491 e. The highest BCUT2D eigenvalue weighted by atomic mass is 32.2. The van der Waals surface area contributed by atoms with E-state index in [9.17, 15) is 26.4 Å². The van der Waals surface area contributed by atoms with E-state index in [1.807, 2.05) is 6.07 Å². The number of benzene rings is 2. The average Bonchev–Trinajstić information content (AvgIpc) is 2.66. The molecule has 0 saturated heterocycles. The number of hydrogen-bond donors (Lipinski definition) is 1. The highest BCUT2D eigenvalue weighted by Crippen LogP contribution is 2.35. The standard InChI is InChI=1S/C20H19F3N2O4S/c1-2-9-29-18-8-7-16(20(21,22)23)10-17(18)25-19(26)13-30(27,28)12-15-5-3-14(11-24)4-6-15/h3-8,10H,2,9,12-13H2,1H3,(H,25,26). The SMILES string of the molecule is CCCOc1ccc(C(F)(F)F)cc1NC(=O)CS(=O)(=O)Cc1ccc(C#N)cc1. The summed E-state index contributed by atoms with van der Waals surface area (Å²) < 4.78 is 68.9. The molecule has 0 unspecified atom stereocenters. The fourth-order valence-electron chi connectivity index (χ4n) is 2.51. The van der Waals surface area contributed by atoms with Crippen LogP contribution in [0.25, 0.3) is 0 Å². The molecule has 0 heterocycles. The molecule has 30 heavy (non-hydrogen) atoms. The summed E-state index contributed by atoms with van der Waals surface area (Å²) in [5.74, 6) is -2.34. The number of hydrogen-bond acceptors (Lipinski definition) is 5. The van der Waals surface area contributed by atoms with Gasteiger partial charge in [-0.3, -0.25) is 4.79 Å². The smallest absolute Gasteiger partial charge is 0.416 e. The van der Waals surface area contributed by atoms with Gasteiger partial charge in [-0.05, 0) is 42.3 Å². The largest absolute Gasteiger partial charge is 0.491 e. The fourth-order valence-corrected chi connectivity index (χ4v) is 3.78. The Morgan fingerprint density at radius 3 is 2.40 bits per heavy atom. The molecule has 1 N–H and O–H groups in total. The van der Waals surface area contributed by atoms with Crippen molar-refractivity contribution in [2.75, 3.05) is 17.7 Å². The Morgan fingerprint density at radius 1 is 1.17 bits per heavy atom. The zero-order chi connectivity index (χ0) is 22.4. The molecule has 0 radical (unpaired) electrons. The van der Waals surface area contributed by atoms with Crippen molar-refractivity contribution in [1.82, 2.24) is 0 Å². The van der Waals surface area contributed by atoms with E-state index in [0.29, 0.717) is 23.6 Å². The van der Waals surface area contributed by atoms with Gasteiger partial charge in [0.2, 0.25) is 5.91 Å². The van der Waals surface area contributed by atoms with Crippen molar-refractivity contribution in [3.05, 3.63) is 59.2 Å². The molecule has 6 nitrogen and oxygen atoms in total. The van der Waals surface area contributed by atoms with Crippen molar-refractivity contribution in [2.45, 2.75) is 25.3 Å². The van der Waals surface area contributed by atoms with Crippen molar-refractivity contribution in [3.8, 4) is 11.8 Å². The van der Waals surface area contributed by atoms with E-state index in [0.717, 1.165) is 12.1 Å². The lowest BCUT2D eigenvalue weighted by Gasteiger charge is -2.15. The molecule has 1 amide bonds. The number of halogens is 3. The monoisotopic (exact) mass is 440 g/mol. The van der Waals surface area contributed by atoms with E-state index in [4.69, 9.17) is 10.00 Å². The molecular weight excluding hydrogens is 421 g/mol. The molecule has 2 aromatic carbocycles. The maximum atomic E-state index is 13.0. The van der Waals surface area contributed by atoms with Crippen LogP contribution in [0.2, 0.25) is 0 Å². The number of alkyl halides is 3. The second-order valence-corrected chi connectivity index (χ2v) is 8.51. The van der Waals surface area contributed by atoms with E-state index >= 15 is 0 Å². The number of rotatable bonds is 8. The Bertz CT molecular complexity index is 1040. The Labute approximate surface area is 172 Å². The van der Waals surface area contributed by atoms with Gasteiger partial charge in [0.05, 0.1) is 35.2 Å². The van der Waals surface area contributed by atoms with E-state index < -0.39 is 39.0 Å². The molecule has 10 heteroatoms. The molecule has 0 aliphatic heterocycles. The van der Waals surface area contributed by atoms with Gasteiger partial charge < -0.3 is 10.1 Å². The van der Waals surface area contributed by atoms with Crippen LogP contribution >= 0.6 is 0 Å². The van der Waals surface area contributed by atoms with Gasteiger partial charge in [0.1, 0.15) is 11.5 Å². The van der Waals surface area contributed by atoms with Gasteiger partial charge in [-0.15, -0.1) is 0 Å². The molecule has 2 rings (SSSR count). The summed E-state index contributed by atoms with van der Waals surface area (Å²) in [7, 11) is -3.90. The van der Waals surface area contributed by atoms with Gasteiger partial charge in [-0.1, -0.05) is 19.1 Å². The molecule has 0 aliphatic rings. The zero-order valence-electron chi connectivity index (χ0n) is 16.0. The minimum atomic E-state index is -4.63. The van der Waals surface area contributed by atoms with E-state index in [1.165, 1.54) is 24.3 Å². The normalized spacial score (nSPS) is 11.6. The molecule has 0 saturated carbocycles. The van der Waals surface area contributed by atoms with E-state index in [1.54, 1.807) is 6.92 Å². The summed E-state index contributed by atoms with van der Waals surface area (Å²) in [5.41, 5.74) is -0.509. The van der Waals surface area contributed by atoms with Crippen LogP contribution < -0.4 is 10.1 Å². The zero-order valence-corrected chi connectivity index (χ0v) is 16.8. The van der Waals surface area contributed by atoms with Crippen molar-refractivity contribution in [2.24, 2.45) is 0 Å². The van der Waals surface area contributed by atoms with Gasteiger partial charge in [0, 0.05) is 0 Å². The quantitative estimate of drug-likeness (QED) is 0.671. The van der Waals surface area contributed by atoms with Gasteiger partial charge >= 0.3 is 6.18 Å². The number of nitrogens with zero attached hydrogens (tertiary/aromatic N) is 1. The summed E-state index contributed by atoms with van der Waals surface area (Å²) in [6.45, 7) is 2.02. The second-order valence-electron chi connectivity index (χ2n) is 6.45. The number of carbonyl (C=O) groups excluding carboxylic acids is 1.